The lowest BCUT2D eigenvalue weighted by Gasteiger charge is -2.09. The highest BCUT2D eigenvalue weighted by atomic mass is 79.9. The first-order chi connectivity index (χ1) is 9.38. The van der Waals surface area contributed by atoms with Gasteiger partial charge < -0.3 is 15.0 Å². The summed E-state index contributed by atoms with van der Waals surface area (Å²) in [4.78, 5) is 24.0. The number of benzene rings is 1. The van der Waals surface area contributed by atoms with Gasteiger partial charge in [-0.3, -0.25) is 9.59 Å². The van der Waals surface area contributed by atoms with Crippen molar-refractivity contribution < 1.29 is 9.90 Å². The number of phenolic OH excluding ortho intramolecular Hbond substituents is 1. The lowest BCUT2D eigenvalue weighted by atomic mass is 10.1. The summed E-state index contributed by atoms with van der Waals surface area (Å²) in [7, 11) is 1.74. The first-order valence-electron chi connectivity index (χ1n) is 5.85. The molecule has 1 heterocycles. The number of nitrogens with one attached hydrogen (secondary N) is 1. The number of aromatic hydroxyl groups is 1. The number of carbonyl (C=O) groups is 1. The van der Waals surface area contributed by atoms with Gasteiger partial charge in [-0.15, -0.1) is 0 Å². The molecule has 0 aliphatic heterocycles. The first kappa shape index (κ1) is 14.3. The second kappa shape index (κ2) is 5.50. The van der Waals surface area contributed by atoms with Gasteiger partial charge in [0.05, 0.1) is 10.0 Å². The Hall–Kier alpha value is -2.08. The Morgan fingerprint density at radius 1 is 1.35 bits per heavy atom. The Kier molecular flexibility index (Phi) is 3.94. The van der Waals surface area contributed by atoms with Gasteiger partial charge in [0.1, 0.15) is 11.4 Å². The maximum atomic E-state index is 12.1. The predicted molar refractivity (Wildman–Crippen MR) is 80.2 cm³/mol. The van der Waals surface area contributed by atoms with Crippen molar-refractivity contribution in [2.75, 3.05) is 5.32 Å². The minimum absolute atomic E-state index is 0.125. The number of halogens is 1. The van der Waals surface area contributed by atoms with Crippen molar-refractivity contribution in [2.45, 2.75) is 6.92 Å². The summed E-state index contributed by atoms with van der Waals surface area (Å²) in [6, 6.07) is 4.71. The molecule has 0 spiro atoms. The van der Waals surface area contributed by atoms with Crippen LogP contribution in [0.4, 0.5) is 5.69 Å². The third-order valence-corrected chi connectivity index (χ3v) is 3.32. The van der Waals surface area contributed by atoms with Crippen LogP contribution in [0.15, 0.2) is 39.9 Å². The Bertz CT molecular complexity index is 738. The molecule has 0 saturated carbocycles. The van der Waals surface area contributed by atoms with E-state index in [0.29, 0.717) is 4.47 Å². The normalized spacial score (nSPS) is 10.3. The van der Waals surface area contributed by atoms with E-state index < -0.39 is 5.91 Å². The van der Waals surface area contributed by atoms with Crippen LogP contribution >= 0.6 is 15.9 Å². The maximum Gasteiger partial charge on any atom is 0.259 e. The highest BCUT2D eigenvalue weighted by molar-refractivity contribution is 9.10. The Balaban J connectivity index is 2.38. The van der Waals surface area contributed by atoms with Crippen LogP contribution in [0.5, 0.6) is 5.75 Å². The summed E-state index contributed by atoms with van der Waals surface area (Å²) in [6.45, 7) is 1.81. The molecule has 6 heteroatoms. The SMILES string of the molecule is Cc1ccc(O)c(C(=O)Nc2cn(C)cc(Br)c2=O)c1. The van der Waals surface area contributed by atoms with Gasteiger partial charge in [0.25, 0.3) is 5.91 Å². The van der Waals surface area contributed by atoms with Gasteiger partial charge in [-0.2, -0.15) is 0 Å². The number of anilines is 1. The predicted octanol–water partition coefficient (Wildman–Crippen LogP) is 2.41. The molecule has 2 N–H and O–H groups in total. The zero-order valence-electron chi connectivity index (χ0n) is 11.0. The van der Waals surface area contributed by atoms with Crippen LogP contribution in [0.1, 0.15) is 15.9 Å². The summed E-state index contributed by atoms with van der Waals surface area (Å²) >= 11 is 3.14. The van der Waals surface area contributed by atoms with E-state index in [4.69, 9.17) is 0 Å². The third kappa shape index (κ3) is 2.91. The lowest BCUT2D eigenvalue weighted by molar-refractivity contribution is 0.102. The molecule has 0 fully saturated rings. The number of phenols is 1. The van der Waals surface area contributed by atoms with E-state index in [9.17, 15) is 14.7 Å². The van der Waals surface area contributed by atoms with Crippen LogP contribution in [0.3, 0.4) is 0 Å². The number of nitrogens with zero attached hydrogens (tertiary/aromatic N) is 1. The van der Waals surface area contributed by atoms with E-state index in [-0.39, 0.29) is 22.4 Å². The average Bonchev–Trinajstić information content (AvgIpc) is 2.38. The molecule has 0 aliphatic carbocycles. The molecule has 1 aromatic heterocycles. The maximum absolute atomic E-state index is 12.1. The zero-order chi connectivity index (χ0) is 14.9. The van der Waals surface area contributed by atoms with Crippen LogP contribution in [-0.4, -0.2) is 15.6 Å². The third-order valence-electron chi connectivity index (χ3n) is 2.76. The molecule has 5 nitrogen and oxygen atoms in total. The van der Waals surface area contributed by atoms with Gasteiger partial charge in [-0.25, -0.2) is 0 Å². The number of rotatable bonds is 2. The average molecular weight is 337 g/mol. The van der Waals surface area contributed by atoms with Crippen molar-refractivity contribution in [2.24, 2.45) is 7.05 Å². The van der Waals surface area contributed by atoms with Crippen molar-refractivity contribution >= 4 is 27.5 Å². The Morgan fingerprint density at radius 3 is 2.75 bits per heavy atom. The van der Waals surface area contributed by atoms with E-state index in [1.54, 1.807) is 29.9 Å². The summed E-state index contributed by atoms with van der Waals surface area (Å²) in [5.41, 5.74) is 0.804. The number of pyridine rings is 1. The molecule has 2 rings (SSSR count). The van der Waals surface area contributed by atoms with Crippen molar-refractivity contribution in [1.82, 2.24) is 4.57 Å². The highest BCUT2D eigenvalue weighted by Gasteiger charge is 2.14. The molecule has 0 aliphatic rings. The summed E-state index contributed by atoms with van der Waals surface area (Å²) in [5, 5.41) is 12.2. The largest absolute Gasteiger partial charge is 0.507 e. The topological polar surface area (TPSA) is 71.3 Å². The first-order valence-corrected chi connectivity index (χ1v) is 6.64. The van der Waals surface area contributed by atoms with Crippen molar-refractivity contribution in [1.29, 1.82) is 0 Å². The van der Waals surface area contributed by atoms with E-state index in [2.05, 4.69) is 21.2 Å². The standard InChI is InChI=1S/C14H13BrN2O3/c1-8-3-4-12(18)9(5-8)14(20)16-11-7-17(2)6-10(15)13(11)19/h3-7,18H,1-2H3,(H,16,20). The minimum atomic E-state index is -0.526. The fourth-order valence-corrected chi connectivity index (χ4v) is 2.31. The van der Waals surface area contributed by atoms with E-state index in [1.807, 2.05) is 6.92 Å². The molecule has 1 amide bonds. The number of aryl methyl sites for hydroxylation is 2. The van der Waals surface area contributed by atoms with Crippen molar-refractivity contribution in [3.05, 3.63) is 56.4 Å². The van der Waals surface area contributed by atoms with E-state index in [0.717, 1.165) is 5.56 Å². The van der Waals surface area contributed by atoms with Gasteiger partial charge in [0.2, 0.25) is 5.43 Å². The van der Waals surface area contributed by atoms with E-state index in [1.165, 1.54) is 12.3 Å². The molecule has 20 heavy (non-hydrogen) atoms. The van der Waals surface area contributed by atoms with E-state index >= 15 is 0 Å². The van der Waals surface area contributed by atoms with Crippen LogP contribution in [-0.2, 0) is 7.05 Å². The van der Waals surface area contributed by atoms with Gasteiger partial charge in [0, 0.05) is 19.4 Å². The smallest absolute Gasteiger partial charge is 0.259 e. The molecule has 0 saturated heterocycles. The fraction of sp³-hybridized carbons (Fsp3) is 0.143. The molecular weight excluding hydrogens is 324 g/mol. The quantitative estimate of drug-likeness (QED) is 0.884. The summed E-state index contributed by atoms with van der Waals surface area (Å²) < 4.78 is 2.00. The second-order valence-electron chi connectivity index (χ2n) is 4.49. The fourth-order valence-electron chi connectivity index (χ4n) is 1.78. The minimum Gasteiger partial charge on any atom is -0.507 e. The van der Waals surface area contributed by atoms with Crippen molar-refractivity contribution in [3.8, 4) is 5.75 Å². The molecular formula is C14H13BrN2O3. The number of amides is 1. The van der Waals surface area contributed by atoms with Crippen LogP contribution in [0, 0.1) is 6.92 Å². The van der Waals surface area contributed by atoms with Gasteiger partial charge in [-0.05, 0) is 35.0 Å². The molecule has 104 valence electrons. The molecule has 0 unspecified atom stereocenters. The zero-order valence-corrected chi connectivity index (χ0v) is 12.6. The molecule has 1 aromatic carbocycles. The summed E-state index contributed by atoms with van der Waals surface area (Å²) in [5.74, 6) is -0.652. The van der Waals surface area contributed by atoms with Gasteiger partial charge in [-0.1, -0.05) is 11.6 Å². The number of aromatic nitrogens is 1. The number of hydrogen-bond acceptors (Lipinski definition) is 3. The second-order valence-corrected chi connectivity index (χ2v) is 5.34. The van der Waals surface area contributed by atoms with Gasteiger partial charge in [0.15, 0.2) is 0 Å². The summed E-state index contributed by atoms with van der Waals surface area (Å²) in [6.07, 6.45) is 3.11. The lowest BCUT2D eigenvalue weighted by Crippen LogP contribution is -2.20. The molecule has 0 atom stereocenters. The number of hydrogen-bond donors (Lipinski definition) is 2. The molecule has 0 bridgehead atoms. The highest BCUT2D eigenvalue weighted by Crippen LogP contribution is 2.19. The van der Waals surface area contributed by atoms with Gasteiger partial charge >= 0.3 is 0 Å². The van der Waals surface area contributed by atoms with Crippen LogP contribution in [0.2, 0.25) is 0 Å². The van der Waals surface area contributed by atoms with Crippen LogP contribution < -0.4 is 10.7 Å². The Labute approximate surface area is 124 Å². The molecule has 0 radical (unpaired) electrons. The molecule has 2 aromatic rings. The Morgan fingerprint density at radius 2 is 2.05 bits per heavy atom. The monoisotopic (exact) mass is 336 g/mol. The van der Waals surface area contributed by atoms with Crippen molar-refractivity contribution in [3.63, 3.8) is 0 Å². The van der Waals surface area contributed by atoms with Crippen LogP contribution in [0.25, 0.3) is 0 Å². The number of carbonyl (C=O) groups excluding carboxylic acids is 1.